The maximum atomic E-state index is 5.47. The molecule has 3 atom stereocenters. The number of hydrogen-bond donors (Lipinski definition) is 1. The first-order chi connectivity index (χ1) is 10.3. The Kier molecular flexibility index (Phi) is 3.63. The van der Waals surface area contributed by atoms with Crippen LogP contribution in [-0.4, -0.2) is 52.6 Å². The summed E-state index contributed by atoms with van der Waals surface area (Å²) in [5.74, 6) is 1.80. The molecule has 1 aromatic rings. The molecule has 21 heavy (non-hydrogen) atoms. The Hall–Kier alpha value is -1.07. The molecule has 1 saturated carbocycles. The highest BCUT2D eigenvalue weighted by atomic mass is 16.5. The minimum absolute atomic E-state index is 0.566. The van der Waals surface area contributed by atoms with Crippen LogP contribution in [-0.2, 0) is 11.3 Å². The van der Waals surface area contributed by atoms with E-state index in [4.69, 9.17) is 4.74 Å². The smallest absolute Gasteiger partial charge is 0.124 e. The Balaban J connectivity index is 1.37. The molecule has 1 N–H and O–H groups in total. The van der Waals surface area contributed by atoms with Gasteiger partial charge in [-0.2, -0.15) is 5.10 Å². The SMILES string of the molecule is C[C@@H]1C[C@@H](Nc2ccnn2C[C@@H]2CCOC2)CN1C1CC1. The lowest BCUT2D eigenvalue weighted by atomic mass is 10.1. The number of nitrogens with one attached hydrogen (secondary N) is 1. The van der Waals surface area contributed by atoms with Crippen LogP contribution in [0.1, 0.15) is 32.6 Å². The highest BCUT2D eigenvalue weighted by Gasteiger charge is 2.38. The summed E-state index contributed by atoms with van der Waals surface area (Å²) in [6, 6.07) is 4.26. The molecule has 0 unspecified atom stereocenters. The van der Waals surface area contributed by atoms with Gasteiger partial charge < -0.3 is 10.1 Å². The lowest BCUT2D eigenvalue weighted by molar-refractivity contribution is 0.181. The molecule has 4 rings (SSSR count). The number of likely N-dealkylation sites (tertiary alicyclic amines) is 1. The van der Waals surface area contributed by atoms with E-state index in [1.807, 2.05) is 6.20 Å². The number of hydrogen-bond acceptors (Lipinski definition) is 4. The average Bonchev–Trinajstić information content (AvgIpc) is 2.86. The van der Waals surface area contributed by atoms with Crippen molar-refractivity contribution in [3.05, 3.63) is 12.3 Å². The van der Waals surface area contributed by atoms with Crippen LogP contribution in [0, 0.1) is 5.92 Å². The summed E-state index contributed by atoms with van der Waals surface area (Å²) >= 11 is 0. The van der Waals surface area contributed by atoms with Gasteiger partial charge in [-0.1, -0.05) is 0 Å². The molecule has 2 saturated heterocycles. The van der Waals surface area contributed by atoms with Crippen LogP contribution in [0.15, 0.2) is 12.3 Å². The van der Waals surface area contributed by atoms with Crippen LogP contribution in [0.2, 0.25) is 0 Å². The summed E-state index contributed by atoms with van der Waals surface area (Å²) < 4.78 is 7.60. The molecule has 1 aliphatic carbocycles. The first-order valence-electron chi connectivity index (χ1n) is 8.41. The quantitative estimate of drug-likeness (QED) is 0.900. The Bertz CT molecular complexity index is 478. The Morgan fingerprint density at radius 3 is 3.05 bits per heavy atom. The van der Waals surface area contributed by atoms with E-state index in [9.17, 15) is 0 Å². The van der Waals surface area contributed by atoms with Gasteiger partial charge in [-0.05, 0) is 32.6 Å². The van der Waals surface area contributed by atoms with Gasteiger partial charge in [0.1, 0.15) is 5.82 Å². The van der Waals surface area contributed by atoms with Gasteiger partial charge in [-0.25, -0.2) is 4.68 Å². The van der Waals surface area contributed by atoms with Crippen LogP contribution >= 0.6 is 0 Å². The molecule has 5 heteroatoms. The number of anilines is 1. The number of ether oxygens (including phenoxy) is 1. The monoisotopic (exact) mass is 290 g/mol. The molecule has 5 nitrogen and oxygen atoms in total. The summed E-state index contributed by atoms with van der Waals surface area (Å²) in [7, 11) is 0. The molecule has 3 heterocycles. The summed E-state index contributed by atoms with van der Waals surface area (Å²) in [4.78, 5) is 2.68. The summed E-state index contributed by atoms with van der Waals surface area (Å²) in [5.41, 5.74) is 0. The minimum Gasteiger partial charge on any atom is -0.381 e. The van der Waals surface area contributed by atoms with Gasteiger partial charge in [0.05, 0.1) is 12.8 Å². The van der Waals surface area contributed by atoms with Crippen molar-refractivity contribution >= 4 is 5.82 Å². The predicted molar refractivity (Wildman–Crippen MR) is 82.4 cm³/mol. The van der Waals surface area contributed by atoms with E-state index in [2.05, 4.69) is 33.0 Å². The Morgan fingerprint density at radius 2 is 2.29 bits per heavy atom. The van der Waals surface area contributed by atoms with Crippen molar-refractivity contribution in [2.24, 2.45) is 5.92 Å². The molecule has 0 radical (unpaired) electrons. The highest BCUT2D eigenvalue weighted by Crippen LogP contribution is 2.34. The molecule has 2 aliphatic heterocycles. The van der Waals surface area contributed by atoms with Gasteiger partial charge in [0.15, 0.2) is 0 Å². The van der Waals surface area contributed by atoms with Gasteiger partial charge in [-0.15, -0.1) is 0 Å². The zero-order valence-electron chi connectivity index (χ0n) is 12.9. The van der Waals surface area contributed by atoms with E-state index in [1.54, 1.807) is 0 Å². The van der Waals surface area contributed by atoms with E-state index >= 15 is 0 Å². The van der Waals surface area contributed by atoms with Crippen molar-refractivity contribution in [3.63, 3.8) is 0 Å². The van der Waals surface area contributed by atoms with E-state index in [0.717, 1.165) is 38.3 Å². The van der Waals surface area contributed by atoms with E-state index in [-0.39, 0.29) is 0 Å². The average molecular weight is 290 g/mol. The molecule has 0 amide bonds. The standard InChI is InChI=1S/C16H26N4O/c1-12-8-14(10-19(12)15-2-3-15)18-16-4-6-17-20(16)9-13-5-7-21-11-13/h4,6,12-15,18H,2-3,5,7-11H2,1H3/t12-,13+,14-/m1/s1. The molecule has 0 aromatic carbocycles. The van der Waals surface area contributed by atoms with Gasteiger partial charge in [0.2, 0.25) is 0 Å². The Labute approximate surface area is 126 Å². The zero-order valence-corrected chi connectivity index (χ0v) is 12.9. The van der Waals surface area contributed by atoms with Crippen molar-refractivity contribution in [3.8, 4) is 0 Å². The minimum atomic E-state index is 0.566. The summed E-state index contributed by atoms with van der Waals surface area (Å²) in [5, 5.41) is 8.22. The van der Waals surface area contributed by atoms with E-state index in [1.165, 1.54) is 31.6 Å². The van der Waals surface area contributed by atoms with Crippen LogP contribution in [0.5, 0.6) is 0 Å². The molecule has 0 bridgehead atoms. The van der Waals surface area contributed by atoms with Crippen molar-refractivity contribution in [2.75, 3.05) is 25.1 Å². The maximum absolute atomic E-state index is 5.47. The van der Waals surface area contributed by atoms with Crippen LogP contribution in [0.3, 0.4) is 0 Å². The fraction of sp³-hybridized carbons (Fsp3) is 0.812. The summed E-state index contributed by atoms with van der Waals surface area (Å²) in [6.45, 7) is 6.32. The van der Waals surface area contributed by atoms with E-state index < -0.39 is 0 Å². The molecule has 1 aromatic heterocycles. The fourth-order valence-corrected chi connectivity index (χ4v) is 3.86. The first-order valence-corrected chi connectivity index (χ1v) is 8.41. The third-order valence-electron chi connectivity index (χ3n) is 5.16. The van der Waals surface area contributed by atoms with Crippen molar-refractivity contribution in [1.82, 2.24) is 14.7 Å². The maximum Gasteiger partial charge on any atom is 0.124 e. The van der Waals surface area contributed by atoms with Crippen LogP contribution < -0.4 is 5.32 Å². The second-order valence-electron chi connectivity index (χ2n) is 6.98. The van der Waals surface area contributed by atoms with Crippen LogP contribution in [0.4, 0.5) is 5.82 Å². The molecule has 3 fully saturated rings. The highest BCUT2D eigenvalue weighted by molar-refractivity contribution is 5.36. The lowest BCUT2D eigenvalue weighted by Gasteiger charge is -2.20. The van der Waals surface area contributed by atoms with Crippen molar-refractivity contribution in [2.45, 2.75) is 57.3 Å². The van der Waals surface area contributed by atoms with Gasteiger partial charge >= 0.3 is 0 Å². The van der Waals surface area contributed by atoms with Crippen LogP contribution in [0.25, 0.3) is 0 Å². The fourth-order valence-electron chi connectivity index (χ4n) is 3.86. The predicted octanol–water partition coefficient (Wildman–Crippen LogP) is 1.96. The second kappa shape index (κ2) is 5.61. The van der Waals surface area contributed by atoms with Gasteiger partial charge in [0.25, 0.3) is 0 Å². The zero-order chi connectivity index (χ0) is 14.2. The van der Waals surface area contributed by atoms with Gasteiger partial charge in [-0.3, -0.25) is 4.90 Å². The van der Waals surface area contributed by atoms with E-state index in [0.29, 0.717) is 12.0 Å². The third kappa shape index (κ3) is 2.94. The van der Waals surface area contributed by atoms with Crippen molar-refractivity contribution in [1.29, 1.82) is 0 Å². The topological polar surface area (TPSA) is 42.3 Å². The molecular weight excluding hydrogens is 264 g/mol. The Morgan fingerprint density at radius 1 is 1.38 bits per heavy atom. The second-order valence-corrected chi connectivity index (χ2v) is 6.98. The molecular formula is C16H26N4O. The number of rotatable bonds is 5. The molecule has 116 valence electrons. The number of nitrogens with zero attached hydrogens (tertiary/aromatic N) is 3. The summed E-state index contributed by atoms with van der Waals surface area (Å²) in [6.07, 6.45) is 7.12. The van der Waals surface area contributed by atoms with Crippen molar-refractivity contribution < 1.29 is 4.74 Å². The normalized spacial score (nSPS) is 33.7. The van der Waals surface area contributed by atoms with Gasteiger partial charge in [0, 0.05) is 49.8 Å². The lowest BCUT2D eigenvalue weighted by Crippen LogP contribution is -2.31. The largest absolute Gasteiger partial charge is 0.381 e. The third-order valence-corrected chi connectivity index (χ3v) is 5.16. The molecule has 0 spiro atoms. The number of aromatic nitrogens is 2. The molecule has 3 aliphatic rings. The first kappa shape index (κ1) is 13.6.